The Morgan fingerprint density at radius 3 is 1.65 bits per heavy atom. The molecule has 7 rings (SSSR count). The van der Waals surface area contributed by atoms with Crippen LogP contribution in [-0.2, 0) is 39.3 Å². The van der Waals surface area contributed by atoms with Crippen molar-refractivity contribution in [1.29, 1.82) is 0 Å². The third-order valence-electron chi connectivity index (χ3n) is 7.77. The minimum absolute atomic E-state index is 0.0234. The van der Waals surface area contributed by atoms with Gasteiger partial charge in [0.25, 0.3) is 0 Å². The van der Waals surface area contributed by atoms with Gasteiger partial charge in [-0.3, -0.25) is 23.4 Å². The van der Waals surface area contributed by atoms with Crippen LogP contribution in [-0.4, -0.2) is 75.4 Å². The third-order valence-corrected chi connectivity index (χ3v) is 10.1. The molecule has 2 aliphatic rings. The lowest BCUT2D eigenvalue weighted by Gasteiger charge is -2.22. The number of carbonyl (C=O) groups is 1. The van der Waals surface area contributed by atoms with Crippen LogP contribution < -0.4 is 33.3 Å². The highest BCUT2D eigenvalue weighted by Gasteiger charge is 2.38. The second-order valence-electron chi connectivity index (χ2n) is 11.7. The summed E-state index contributed by atoms with van der Waals surface area (Å²) in [5, 5.41) is 6.31. The van der Waals surface area contributed by atoms with Gasteiger partial charge in [0, 0.05) is 30.1 Å². The second kappa shape index (κ2) is 15.4. The van der Waals surface area contributed by atoms with Crippen molar-refractivity contribution in [2.75, 3.05) is 41.3 Å². The van der Waals surface area contributed by atoms with Crippen molar-refractivity contribution in [1.82, 2.24) is 20.2 Å². The van der Waals surface area contributed by atoms with Gasteiger partial charge < -0.3 is 29.1 Å². The lowest BCUT2D eigenvalue weighted by Crippen LogP contribution is -2.29. The Morgan fingerprint density at radius 2 is 1.24 bits per heavy atom. The molecule has 22 heteroatoms. The van der Waals surface area contributed by atoms with Gasteiger partial charge in [-0.2, -0.15) is 13.2 Å². The van der Waals surface area contributed by atoms with Crippen LogP contribution in [0.2, 0.25) is 0 Å². The molecule has 0 fully saturated rings. The number of ketones is 1. The minimum Gasteiger partial charge on any atom is -0.454 e. The first-order valence-corrected chi connectivity index (χ1v) is 19.5. The largest absolute Gasteiger partial charge is 0.470 e. The Labute approximate surface area is 311 Å². The molecule has 0 radical (unpaired) electrons. The monoisotopic (exact) mass is 805 g/mol. The van der Waals surface area contributed by atoms with E-state index in [1.165, 1.54) is 34.9 Å². The molecule has 2 aromatic carbocycles. The highest BCUT2D eigenvalue weighted by Crippen LogP contribution is 2.38. The number of Topliss-reactive ketones (excluding diaryl/α,β-unsaturated/α-hetero) is 1. The third kappa shape index (κ3) is 9.21. The summed E-state index contributed by atoms with van der Waals surface area (Å²) in [6, 6.07) is 15.7. The molecule has 0 unspecified atom stereocenters. The molecule has 0 spiro atoms. The fraction of sp³-hybridized carbons (Fsp3) is 0.242. The van der Waals surface area contributed by atoms with E-state index in [-0.39, 0.29) is 50.5 Å². The van der Waals surface area contributed by atoms with Crippen molar-refractivity contribution in [2.45, 2.75) is 19.3 Å². The minimum atomic E-state index is -4.75. The van der Waals surface area contributed by atoms with Crippen molar-refractivity contribution in [3.63, 3.8) is 0 Å². The number of carbonyl (C=O) groups excluding carboxylic acids is 1. The molecular weight excluding hydrogens is 776 g/mol. The van der Waals surface area contributed by atoms with Crippen LogP contribution >= 0.6 is 0 Å². The molecule has 3 aromatic heterocycles. The fourth-order valence-electron chi connectivity index (χ4n) is 5.07. The lowest BCUT2D eigenvalue weighted by molar-refractivity contribution is -0.156. The topological polar surface area (TPSA) is 219 Å². The standard InChI is InChI=1S/C17H13F3N4O5S.C16H17N3O5S/c1-30(25,26)24(12-4-5-13-14(6-12)28-9-27-13)8-11-3-2-10(7-21-11)15-22-23-16(29-15)17(18,19)20;1-25(21,22)19(13-4-5-15-16(6-13)24-10-23-15)9-12-3-2-11(8-18-12)14(20)7-17/h2-7H,8-9H2,1H3;2-6,8H,7,9-10,17H2,1H3. The molecule has 290 valence electrons. The van der Waals surface area contributed by atoms with Crippen molar-refractivity contribution in [3.05, 3.63) is 95.9 Å². The quantitative estimate of drug-likeness (QED) is 0.188. The second-order valence-corrected chi connectivity index (χ2v) is 15.5. The molecule has 2 aliphatic heterocycles. The van der Waals surface area contributed by atoms with E-state index < -0.39 is 32.1 Å². The van der Waals surface area contributed by atoms with Crippen molar-refractivity contribution >= 4 is 37.2 Å². The van der Waals surface area contributed by atoms with E-state index in [1.807, 2.05) is 0 Å². The number of pyridine rings is 2. The number of alkyl halides is 3. The molecular formula is C33H30F3N7O10S2. The molecule has 0 saturated carbocycles. The van der Waals surface area contributed by atoms with Gasteiger partial charge >= 0.3 is 12.1 Å². The van der Waals surface area contributed by atoms with Crippen LogP contribution in [0.5, 0.6) is 23.0 Å². The van der Waals surface area contributed by atoms with E-state index in [2.05, 4.69) is 24.6 Å². The van der Waals surface area contributed by atoms with Crippen molar-refractivity contribution in [3.8, 4) is 34.5 Å². The average Bonchev–Trinajstić information content (AvgIpc) is 3.93. The number of nitrogens with zero attached hydrogens (tertiary/aromatic N) is 6. The highest BCUT2D eigenvalue weighted by atomic mass is 32.2. The molecule has 5 aromatic rings. The van der Waals surface area contributed by atoms with E-state index in [0.29, 0.717) is 51.3 Å². The van der Waals surface area contributed by atoms with Crippen LogP contribution in [0.15, 0.2) is 77.5 Å². The smallest absolute Gasteiger partial charge is 0.454 e. The number of halogens is 3. The zero-order chi connectivity index (χ0) is 39.5. The van der Waals surface area contributed by atoms with Gasteiger partial charge in [-0.1, -0.05) is 0 Å². The Hall–Kier alpha value is -6.00. The van der Waals surface area contributed by atoms with Crippen LogP contribution in [0, 0.1) is 0 Å². The molecule has 5 heterocycles. The SMILES string of the molecule is CS(=O)(=O)N(Cc1ccc(-c2nnc(C(F)(F)F)o2)cn1)c1ccc2c(c1)OCO2.CS(=O)(=O)N(Cc1ccc(C(=O)CN)cn1)c1ccc2c(c1)OCO2. The zero-order valence-electron chi connectivity index (χ0n) is 28.8. The lowest BCUT2D eigenvalue weighted by atomic mass is 10.2. The van der Waals surface area contributed by atoms with E-state index in [1.54, 1.807) is 42.5 Å². The summed E-state index contributed by atoms with van der Waals surface area (Å²) in [5.41, 5.74) is 7.49. The first-order chi connectivity index (χ1) is 26.0. The maximum Gasteiger partial charge on any atom is 0.470 e. The summed E-state index contributed by atoms with van der Waals surface area (Å²) >= 11 is 0. The van der Waals surface area contributed by atoms with Crippen molar-refractivity contribution < 1.29 is 58.2 Å². The number of ether oxygens (including phenoxy) is 4. The molecule has 0 atom stereocenters. The van der Waals surface area contributed by atoms with E-state index >= 15 is 0 Å². The Morgan fingerprint density at radius 1 is 0.727 bits per heavy atom. The number of nitrogens with two attached hydrogens (primary N) is 1. The van der Waals surface area contributed by atoms with E-state index in [9.17, 15) is 34.8 Å². The van der Waals surface area contributed by atoms with Gasteiger partial charge in [-0.25, -0.2) is 16.8 Å². The Bertz CT molecular complexity index is 2410. The number of benzene rings is 2. The summed E-state index contributed by atoms with van der Waals surface area (Å²) < 4.78 is 115. The normalized spacial score (nSPS) is 13.2. The number of sulfonamides is 2. The van der Waals surface area contributed by atoms with Crippen LogP contribution in [0.3, 0.4) is 0 Å². The fourth-order valence-corrected chi connectivity index (χ4v) is 6.80. The first-order valence-electron chi connectivity index (χ1n) is 15.8. The van der Waals surface area contributed by atoms with Crippen molar-refractivity contribution in [2.24, 2.45) is 5.73 Å². The zero-order valence-corrected chi connectivity index (χ0v) is 30.4. The van der Waals surface area contributed by atoms with E-state index in [0.717, 1.165) is 16.8 Å². The van der Waals surface area contributed by atoms with Crippen LogP contribution in [0.25, 0.3) is 11.5 Å². The predicted molar refractivity (Wildman–Crippen MR) is 187 cm³/mol. The molecule has 0 amide bonds. The van der Waals surface area contributed by atoms with Gasteiger partial charge in [-0.05, 0) is 48.5 Å². The molecule has 17 nitrogen and oxygen atoms in total. The summed E-state index contributed by atoms with van der Waals surface area (Å²) in [7, 11) is -7.23. The molecule has 0 bridgehead atoms. The van der Waals surface area contributed by atoms with Crippen LogP contribution in [0.1, 0.15) is 27.6 Å². The average molecular weight is 806 g/mol. The number of fused-ring (bicyclic) bond motifs is 2. The number of hydrogen-bond acceptors (Lipinski definition) is 15. The van der Waals surface area contributed by atoms with Gasteiger partial charge in [0.1, 0.15) is 0 Å². The van der Waals surface area contributed by atoms with E-state index in [4.69, 9.17) is 24.7 Å². The molecule has 0 aliphatic carbocycles. The number of hydrogen-bond donors (Lipinski definition) is 1. The maximum absolute atomic E-state index is 12.6. The predicted octanol–water partition coefficient (Wildman–Crippen LogP) is 3.76. The number of rotatable bonds is 11. The summed E-state index contributed by atoms with van der Waals surface area (Å²) in [4.78, 5) is 19.8. The van der Waals surface area contributed by atoms with Gasteiger partial charge in [0.2, 0.25) is 39.5 Å². The van der Waals surface area contributed by atoms with Gasteiger partial charge in [-0.15, -0.1) is 10.2 Å². The summed E-state index contributed by atoms with van der Waals surface area (Å²) in [6.07, 6.45) is 0.0277. The van der Waals surface area contributed by atoms with Crippen LogP contribution in [0.4, 0.5) is 24.5 Å². The molecule has 55 heavy (non-hydrogen) atoms. The van der Waals surface area contributed by atoms with Gasteiger partial charge in [0.05, 0.1) is 60.5 Å². The maximum atomic E-state index is 12.6. The molecule has 2 N–H and O–H groups in total. The highest BCUT2D eigenvalue weighted by molar-refractivity contribution is 7.92. The summed E-state index contributed by atoms with van der Waals surface area (Å²) in [5.74, 6) is -0.0590. The number of aromatic nitrogens is 4. The first kappa shape index (κ1) is 38.7. The number of anilines is 2. The Kier molecular flexibility index (Phi) is 10.8. The molecule has 0 saturated heterocycles. The summed E-state index contributed by atoms with van der Waals surface area (Å²) in [6.45, 7) is -0.0398. The van der Waals surface area contributed by atoms with Gasteiger partial charge in [0.15, 0.2) is 28.8 Å². The Balaban J connectivity index is 0.000000190.